The van der Waals surface area contributed by atoms with Crippen molar-refractivity contribution in [3.05, 3.63) is 0 Å². The molecule has 5 nitrogen and oxygen atoms in total. The van der Waals surface area contributed by atoms with Crippen molar-refractivity contribution in [3.63, 3.8) is 0 Å². The maximum atomic E-state index is 12.1. The van der Waals surface area contributed by atoms with Gasteiger partial charge in [-0.1, -0.05) is 6.92 Å². The number of carbonyl (C=O) groups excluding carboxylic acids is 1. The summed E-state index contributed by atoms with van der Waals surface area (Å²) in [6.45, 7) is 7.09. The van der Waals surface area contributed by atoms with E-state index in [9.17, 15) is 9.59 Å². The average Bonchev–Trinajstić information content (AvgIpc) is 2.26. The van der Waals surface area contributed by atoms with Crippen LogP contribution in [-0.2, 0) is 9.59 Å². The number of aliphatic carboxylic acids is 1. The first-order valence-corrected chi connectivity index (χ1v) is 6.97. The second-order valence-electron chi connectivity index (χ2n) is 6.48. The minimum absolute atomic E-state index is 0.0831. The smallest absolute Gasteiger partial charge is 0.303 e. The number of amides is 1. The number of nitrogens with two attached hydrogens (primary N) is 1. The number of nitrogens with zero attached hydrogens (tertiary/aromatic N) is 1. The van der Waals surface area contributed by atoms with Crippen LogP contribution in [-0.4, -0.2) is 40.5 Å². The first-order chi connectivity index (χ1) is 8.69. The SMILES string of the molecule is CC(CC(=O)O)C1CCCN(C(=O)CC(C)(C)N)C1. The largest absolute Gasteiger partial charge is 0.481 e. The Balaban J connectivity index is 2.54. The Hall–Kier alpha value is -1.10. The van der Waals surface area contributed by atoms with E-state index in [-0.39, 0.29) is 24.2 Å². The molecule has 1 amide bonds. The van der Waals surface area contributed by atoms with E-state index in [1.54, 1.807) is 0 Å². The molecule has 19 heavy (non-hydrogen) atoms. The van der Waals surface area contributed by atoms with E-state index in [0.717, 1.165) is 19.4 Å². The van der Waals surface area contributed by atoms with Crippen LogP contribution in [0.2, 0.25) is 0 Å². The summed E-state index contributed by atoms with van der Waals surface area (Å²) in [5.41, 5.74) is 5.39. The normalized spacial score (nSPS) is 22.1. The Bertz CT molecular complexity index is 336. The van der Waals surface area contributed by atoms with Crippen molar-refractivity contribution < 1.29 is 14.7 Å². The number of rotatable bonds is 5. The molecule has 2 atom stereocenters. The fourth-order valence-corrected chi connectivity index (χ4v) is 2.64. The van der Waals surface area contributed by atoms with Gasteiger partial charge in [0.1, 0.15) is 0 Å². The molecular formula is C14H26N2O3. The monoisotopic (exact) mass is 270 g/mol. The predicted octanol–water partition coefficient (Wildman–Crippen LogP) is 1.46. The molecule has 0 spiro atoms. The molecule has 1 aliphatic rings. The van der Waals surface area contributed by atoms with Gasteiger partial charge in [0.15, 0.2) is 0 Å². The lowest BCUT2D eigenvalue weighted by atomic mass is 9.84. The fourth-order valence-electron chi connectivity index (χ4n) is 2.64. The summed E-state index contributed by atoms with van der Waals surface area (Å²) in [4.78, 5) is 24.7. The molecule has 0 aromatic heterocycles. The van der Waals surface area contributed by atoms with Gasteiger partial charge in [-0.25, -0.2) is 0 Å². The molecule has 0 aromatic carbocycles. The Labute approximate surface area is 115 Å². The fraction of sp³-hybridized carbons (Fsp3) is 0.857. The lowest BCUT2D eigenvalue weighted by Gasteiger charge is -2.36. The van der Waals surface area contributed by atoms with Gasteiger partial charge in [0, 0.05) is 31.5 Å². The molecule has 2 unspecified atom stereocenters. The second kappa shape index (κ2) is 6.37. The van der Waals surface area contributed by atoms with Crippen LogP contribution in [0.4, 0.5) is 0 Å². The van der Waals surface area contributed by atoms with Gasteiger partial charge in [-0.05, 0) is 38.5 Å². The maximum absolute atomic E-state index is 12.1. The first kappa shape index (κ1) is 16.0. The number of carbonyl (C=O) groups is 2. The summed E-state index contributed by atoms with van der Waals surface area (Å²) in [6.07, 6.45) is 2.47. The molecule has 0 radical (unpaired) electrons. The van der Waals surface area contributed by atoms with E-state index >= 15 is 0 Å². The number of hydrogen-bond donors (Lipinski definition) is 2. The highest BCUT2D eigenvalue weighted by Crippen LogP contribution is 2.26. The van der Waals surface area contributed by atoms with Gasteiger partial charge in [-0.3, -0.25) is 9.59 Å². The third-order valence-corrected chi connectivity index (χ3v) is 3.72. The Morgan fingerprint density at radius 2 is 2.11 bits per heavy atom. The Morgan fingerprint density at radius 3 is 2.63 bits per heavy atom. The number of piperidine rings is 1. The van der Waals surface area contributed by atoms with E-state index in [0.29, 0.717) is 13.0 Å². The van der Waals surface area contributed by atoms with Crippen LogP contribution in [0, 0.1) is 11.8 Å². The average molecular weight is 270 g/mol. The van der Waals surface area contributed by atoms with Gasteiger partial charge >= 0.3 is 5.97 Å². The number of carboxylic acids is 1. The molecule has 0 saturated carbocycles. The minimum Gasteiger partial charge on any atom is -0.481 e. The van der Waals surface area contributed by atoms with E-state index in [1.165, 1.54) is 0 Å². The van der Waals surface area contributed by atoms with Crippen molar-refractivity contribution in [2.24, 2.45) is 17.6 Å². The maximum Gasteiger partial charge on any atom is 0.303 e. The van der Waals surface area contributed by atoms with E-state index in [1.807, 2.05) is 25.7 Å². The topological polar surface area (TPSA) is 83.6 Å². The van der Waals surface area contributed by atoms with Gasteiger partial charge in [0.2, 0.25) is 5.91 Å². The standard InChI is InChI=1S/C14H26N2O3/c1-10(7-13(18)19)11-5-4-6-16(9-11)12(17)8-14(2,3)15/h10-11H,4-9,15H2,1-3H3,(H,18,19). The van der Waals surface area contributed by atoms with Crippen molar-refractivity contribution in [2.75, 3.05) is 13.1 Å². The number of likely N-dealkylation sites (tertiary alicyclic amines) is 1. The molecule has 110 valence electrons. The summed E-state index contributed by atoms with van der Waals surface area (Å²) >= 11 is 0. The van der Waals surface area contributed by atoms with Crippen LogP contribution in [0.3, 0.4) is 0 Å². The van der Waals surface area contributed by atoms with Crippen molar-refractivity contribution in [1.29, 1.82) is 0 Å². The zero-order valence-electron chi connectivity index (χ0n) is 12.2. The zero-order valence-corrected chi connectivity index (χ0v) is 12.2. The van der Waals surface area contributed by atoms with Gasteiger partial charge in [0.25, 0.3) is 0 Å². The van der Waals surface area contributed by atoms with Crippen molar-refractivity contribution >= 4 is 11.9 Å². The summed E-state index contributed by atoms with van der Waals surface area (Å²) in [7, 11) is 0. The van der Waals surface area contributed by atoms with Crippen molar-refractivity contribution in [3.8, 4) is 0 Å². The third-order valence-electron chi connectivity index (χ3n) is 3.72. The molecule has 0 aliphatic carbocycles. The van der Waals surface area contributed by atoms with Crippen molar-refractivity contribution in [1.82, 2.24) is 4.90 Å². The summed E-state index contributed by atoms with van der Waals surface area (Å²) in [5, 5.41) is 8.85. The highest BCUT2D eigenvalue weighted by Gasteiger charge is 2.29. The lowest BCUT2D eigenvalue weighted by molar-refractivity contribution is -0.138. The highest BCUT2D eigenvalue weighted by atomic mass is 16.4. The molecule has 0 aromatic rings. The van der Waals surface area contributed by atoms with Crippen molar-refractivity contribution in [2.45, 2.75) is 52.0 Å². The van der Waals surface area contributed by atoms with Gasteiger partial charge in [0.05, 0.1) is 0 Å². The van der Waals surface area contributed by atoms with Crippen LogP contribution in [0.5, 0.6) is 0 Å². The molecule has 5 heteroatoms. The molecule has 1 saturated heterocycles. The minimum atomic E-state index is -0.765. The highest BCUT2D eigenvalue weighted by molar-refractivity contribution is 5.77. The van der Waals surface area contributed by atoms with E-state index < -0.39 is 11.5 Å². The molecule has 1 aliphatic heterocycles. The zero-order chi connectivity index (χ0) is 14.6. The summed E-state index contributed by atoms with van der Waals surface area (Å²) in [5.74, 6) is -0.285. The lowest BCUT2D eigenvalue weighted by Crippen LogP contribution is -2.46. The summed E-state index contributed by atoms with van der Waals surface area (Å²) in [6, 6.07) is 0. The van der Waals surface area contributed by atoms with Crippen LogP contribution < -0.4 is 5.73 Å². The second-order valence-corrected chi connectivity index (χ2v) is 6.48. The third kappa shape index (κ3) is 5.59. The number of hydrogen-bond acceptors (Lipinski definition) is 3. The predicted molar refractivity (Wildman–Crippen MR) is 73.6 cm³/mol. The van der Waals surface area contributed by atoms with Crippen LogP contribution in [0.15, 0.2) is 0 Å². The van der Waals surface area contributed by atoms with Crippen LogP contribution in [0.1, 0.15) is 46.5 Å². The molecule has 1 heterocycles. The quantitative estimate of drug-likeness (QED) is 0.792. The van der Waals surface area contributed by atoms with Crippen LogP contribution in [0.25, 0.3) is 0 Å². The Kier molecular flexibility index (Phi) is 5.35. The first-order valence-electron chi connectivity index (χ1n) is 6.97. The number of carboxylic acid groups (broad SMARTS) is 1. The van der Waals surface area contributed by atoms with E-state index in [4.69, 9.17) is 10.8 Å². The Morgan fingerprint density at radius 1 is 1.47 bits per heavy atom. The molecule has 0 bridgehead atoms. The molecular weight excluding hydrogens is 244 g/mol. The van der Waals surface area contributed by atoms with Crippen LogP contribution >= 0.6 is 0 Å². The van der Waals surface area contributed by atoms with Gasteiger partial charge in [-0.2, -0.15) is 0 Å². The molecule has 1 rings (SSSR count). The van der Waals surface area contributed by atoms with Gasteiger partial charge in [-0.15, -0.1) is 0 Å². The summed E-state index contributed by atoms with van der Waals surface area (Å²) < 4.78 is 0. The molecule has 3 N–H and O–H groups in total. The molecule has 1 fully saturated rings. The van der Waals surface area contributed by atoms with E-state index in [2.05, 4.69) is 0 Å². The van der Waals surface area contributed by atoms with Gasteiger partial charge < -0.3 is 15.7 Å².